The first kappa shape index (κ1) is 14.1. The fourth-order valence-electron chi connectivity index (χ4n) is 2.54. The Kier molecular flexibility index (Phi) is 3.92. The van der Waals surface area contributed by atoms with Crippen molar-refractivity contribution in [3.63, 3.8) is 0 Å². The van der Waals surface area contributed by atoms with Crippen LogP contribution in [0, 0.1) is 0 Å². The van der Waals surface area contributed by atoms with Crippen molar-refractivity contribution >= 4 is 22.8 Å². The predicted octanol–water partition coefficient (Wildman–Crippen LogP) is 2.09. The fraction of sp³-hybridized carbons (Fsp3) is 0.538. The van der Waals surface area contributed by atoms with Crippen LogP contribution in [-0.4, -0.2) is 29.5 Å². The van der Waals surface area contributed by atoms with Gasteiger partial charge in [-0.25, -0.2) is 4.98 Å². The summed E-state index contributed by atoms with van der Waals surface area (Å²) in [6.45, 7) is 2.83. The van der Waals surface area contributed by atoms with Gasteiger partial charge in [-0.1, -0.05) is 18.5 Å². The number of fused-ring (bicyclic) bond motifs is 1. The van der Waals surface area contributed by atoms with Crippen LogP contribution in [0.5, 0.6) is 0 Å². The van der Waals surface area contributed by atoms with Crippen molar-refractivity contribution in [3.8, 4) is 0 Å². The number of imidazole rings is 1. The summed E-state index contributed by atoms with van der Waals surface area (Å²) in [6.07, 6.45) is 3.96. The molecule has 0 bridgehead atoms. The zero-order valence-electron chi connectivity index (χ0n) is 12.1. The summed E-state index contributed by atoms with van der Waals surface area (Å²) in [4.78, 5) is 8.70. The van der Waals surface area contributed by atoms with Crippen LogP contribution in [0.25, 0.3) is 11.2 Å². The third-order valence-corrected chi connectivity index (χ3v) is 3.68. The maximum Gasteiger partial charge on any atom is 0.213 e. The Morgan fingerprint density at radius 3 is 2.86 bits per heavy atom. The molecule has 3 aromatic rings. The number of alkyl halides is 1. The van der Waals surface area contributed by atoms with E-state index in [1.165, 1.54) is 6.39 Å². The van der Waals surface area contributed by atoms with Gasteiger partial charge in [0.05, 0.1) is 11.6 Å². The summed E-state index contributed by atoms with van der Waals surface area (Å²) < 4.78 is 8.72. The van der Waals surface area contributed by atoms with Crippen LogP contribution in [-0.2, 0) is 32.3 Å². The molecule has 0 fully saturated rings. The van der Waals surface area contributed by atoms with E-state index in [9.17, 15) is 0 Å². The first-order valence-corrected chi connectivity index (χ1v) is 7.50. The number of hydrogen-bond acceptors (Lipinski definition) is 5. The second kappa shape index (κ2) is 5.85. The molecule has 8 heteroatoms. The average Bonchev–Trinajstić information content (AvgIpc) is 3.16. The summed E-state index contributed by atoms with van der Waals surface area (Å²) in [5, 5.41) is 8.39. The molecule has 0 aromatic carbocycles. The van der Waals surface area contributed by atoms with Crippen molar-refractivity contribution < 1.29 is 4.52 Å². The predicted molar refractivity (Wildman–Crippen MR) is 78.1 cm³/mol. The highest BCUT2D eigenvalue weighted by Gasteiger charge is 2.18. The molecule has 7 nitrogen and oxygen atoms in total. The summed E-state index contributed by atoms with van der Waals surface area (Å²) in [6, 6.07) is 0. The van der Waals surface area contributed by atoms with Gasteiger partial charge in [-0.05, 0) is 6.42 Å². The lowest BCUT2D eigenvalue weighted by atomic mass is 10.2. The zero-order valence-corrected chi connectivity index (χ0v) is 12.8. The van der Waals surface area contributed by atoms with Crippen LogP contribution < -0.4 is 0 Å². The molecular formula is C13H17ClN6O. The highest BCUT2D eigenvalue weighted by Crippen LogP contribution is 2.22. The Bertz CT molecular complexity index is 730. The Balaban J connectivity index is 1.99. The molecule has 0 aliphatic heterocycles. The van der Waals surface area contributed by atoms with Gasteiger partial charge in [-0.2, -0.15) is 10.1 Å². The van der Waals surface area contributed by atoms with Crippen LogP contribution >= 0.6 is 11.6 Å². The Labute approximate surface area is 126 Å². The molecular weight excluding hydrogens is 292 g/mol. The maximum atomic E-state index is 6.04. The van der Waals surface area contributed by atoms with Crippen LogP contribution in [0.1, 0.15) is 30.7 Å². The largest absolute Gasteiger partial charge is 0.343 e. The number of halogens is 1. The molecule has 0 atom stereocenters. The van der Waals surface area contributed by atoms with E-state index in [4.69, 9.17) is 16.1 Å². The lowest BCUT2D eigenvalue weighted by Gasteiger charge is -2.06. The van der Waals surface area contributed by atoms with E-state index >= 15 is 0 Å². The molecule has 112 valence electrons. The van der Waals surface area contributed by atoms with E-state index in [1.54, 1.807) is 0 Å². The minimum absolute atomic E-state index is 0.368. The Hall–Kier alpha value is -1.89. The molecule has 0 spiro atoms. The van der Waals surface area contributed by atoms with Crippen LogP contribution in [0.4, 0.5) is 0 Å². The molecule has 21 heavy (non-hydrogen) atoms. The van der Waals surface area contributed by atoms with E-state index in [1.807, 2.05) is 11.7 Å². The number of hydrogen-bond donors (Lipinski definition) is 0. The maximum absolute atomic E-state index is 6.04. The van der Waals surface area contributed by atoms with Crippen LogP contribution in [0.15, 0.2) is 10.9 Å². The van der Waals surface area contributed by atoms with Crippen molar-refractivity contribution in [1.82, 2.24) is 29.5 Å². The fourth-order valence-corrected chi connectivity index (χ4v) is 2.75. The first-order chi connectivity index (χ1) is 10.2. The molecule has 0 saturated heterocycles. The Morgan fingerprint density at radius 1 is 1.33 bits per heavy atom. The normalized spacial score (nSPS) is 11.6. The van der Waals surface area contributed by atoms with Crippen LogP contribution in [0.2, 0.25) is 0 Å². The second-order valence-electron chi connectivity index (χ2n) is 4.90. The lowest BCUT2D eigenvalue weighted by molar-refractivity contribution is 0.408. The third-order valence-electron chi connectivity index (χ3n) is 3.44. The minimum atomic E-state index is 0.368. The average molecular weight is 309 g/mol. The van der Waals surface area contributed by atoms with Crippen molar-refractivity contribution in [2.24, 2.45) is 7.05 Å². The van der Waals surface area contributed by atoms with E-state index in [-0.39, 0.29) is 0 Å². The molecule has 3 aromatic heterocycles. The molecule has 3 rings (SSSR count). The quantitative estimate of drug-likeness (QED) is 0.652. The molecule has 0 unspecified atom stereocenters. The molecule has 3 heterocycles. The second-order valence-corrected chi connectivity index (χ2v) is 5.17. The Morgan fingerprint density at radius 2 is 2.19 bits per heavy atom. The van der Waals surface area contributed by atoms with E-state index < -0.39 is 0 Å². The monoisotopic (exact) mass is 308 g/mol. The van der Waals surface area contributed by atoms with Crippen molar-refractivity contribution in [2.45, 2.75) is 38.6 Å². The SMILES string of the molecule is CCCc1nn(C)c2c1nc(CCl)n2CCc1ncon1. The van der Waals surface area contributed by atoms with Gasteiger partial charge in [-0.3, -0.25) is 4.68 Å². The van der Waals surface area contributed by atoms with Gasteiger partial charge in [-0.15, -0.1) is 11.6 Å². The van der Waals surface area contributed by atoms with Gasteiger partial charge in [0.1, 0.15) is 11.3 Å². The minimum Gasteiger partial charge on any atom is -0.343 e. The molecule has 0 aliphatic carbocycles. The molecule has 0 aliphatic rings. The highest BCUT2D eigenvalue weighted by molar-refractivity contribution is 6.16. The summed E-state index contributed by atoms with van der Waals surface area (Å²) in [5.74, 6) is 1.89. The van der Waals surface area contributed by atoms with Crippen LogP contribution in [0.3, 0.4) is 0 Å². The smallest absolute Gasteiger partial charge is 0.213 e. The summed E-state index contributed by atoms with van der Waals surface area (Å²) in [7, 11) is 1.94. The number of rotatable bonds is 6. The van der Waals surface area contributed by atoms with E-state index in [2.05, 4.69) is 31.7 Å². The van der Waals surface area contributed by atoms with Crippen molar-refractivity contribution in [3.05, 3.63) is 23.7 Å². The molecule has 0 N–H and O–H groups in total. The highest BCUT2D eigenvalue weighted by atomic mass is 35.5. The molecule has 0 radical (unpaired) electrons. The molecule has 0 saturated carbocycles. The zero-order chi connectivity index (χ0) is 14.8. The van der Waals surface area contributed by atoms with Gasteiger partial charge in [0.2, 0.25) is 6.39 Å². The topological polar surface area (TPSA) is 74.6 Å². The number of aryl methyl sites for hydroxylation is 4. The van der Waals surface area contributed by atoms with E-state index in [0.717, 1.165) is 35.5 Å². The third kappa shape index (κ3) is 2.53. The van der Waals surface area contributed by atoms with E-state index in [0.29, 0.717) is 24.7 Å². The van der Waals surface area contributed by atoms with Crippen molar-refractivity contribution in [1.29, 1.82) is 0 Å². The van der Waals surface area contributed by atoms with Crippen molar-refractivity contribution in [2.75, 3.05) is 0 Å². The lowest BCUT2D eigenvalue weighted by Crippen LogP contribution is -2.09. The summed E-state index contributed by atoms with van der Waals surface area (Å²) >= 11 is 6.04. The molecule has 0 amide bonds. The number of nitrogens with zero attached hydrogens (tertiary/aromatic N) is 6. The first-order valence-electron chi connectivity index (χ1n) is 6.96. The van der Waals surface area contributed by atoms with Gasteiger partial charge >= 0.3 is 0 Å². The standard InChI is InChI=1S/C13H17ClN6O/c1-3-4-9-12-13(19(2)17-9)20(11(7-14)16-12)6-5-10-15-8-21-18-10/h8H,3-7H2,1-2H3. The van der Waals surface area contributed by atoms with Gasteiger partial charge in [0, 0.05) is 20.0 Å². The number of aromatic nitrogens is 6. The van der Waals surface area contributed by atoms with Gasteiger partial charge < -0.3 is 9.09 Å². The van der Waals surface area contributed by atoms with Gasteiger partial charge in [0.25, 0.3) is 0 Å². The van der Waals surface area contributed by atoms with Gasteiger partial charge in [0.15, 0.2) is 11.5 Å². The summed E-state index contributed by atoms with van der Waals surface area (Å²) in [5.41, 5.74) is 2.97.